The maximum atomic E-state index is 4.31. The van der Waals surface area contributed by atoms with Crippen LogP contribution in [0.2, 0.25) is 0 Å². The molecule has 0 saturated heterocycles. The summed E-state index contributed by atoms with van der Waals surface area (Å²) in [5.41, 5.74) is 1.23. The first-order valence-electron chi connectivity index (χ1n) is 6.15. The van der Waals surface area contributed by atoms with Crippen LogP contribution >= 0.6 is 0 Å². The van der Waals surface area contributed by atoms with Gasteiger partial charge in [-0.1, -0.05) is 20.8 Å². The Labute approximate surface area is 99.3 Å². The molecule has 0 amide bonds. The molecule has 0 radical (unpaired) electrons. The molecule has 92 valence electrons. The van der Waals surface area contributed by atoms with Crippen molar-refractivity contribution in [2.75, 3.05) is 7.05 Å². The van der Waals surface area contributed by atoms with E-state index in [0.29, 0.717) is 12.0 Å². The van der Waals surface area contributed by atoms with Gasteiger partial charge in [0.15, 0.2) is 0 Å². The highest BCUT2D eigenvalue weighted by molar-refractivity contribution is 5.12. The maximum absolute atomic E-state index is 4.31. The number of aromatic nitrogens is 2. The van der Waals surface area contributed by atoms with Crippen molar-refractivity contribution in [1.29, 1.82) is 0 Å². The van der Waals surface area contributed by atoms with Crippen molar-refractivity contribution >= 4 is 0 Å². The Morgan fingerprint density at radius 1 is 1.44 bits per heavy atom. The molecule has 3 nitrogen and oxygen atoms in total. The van der Waals surface area contributed by atoms with Crippen LogP contribution in [0.15, 0.2) is 12.5 Å². The third-order valence-electron chi connectivity index (χ3n) is 3.48. The van der Waals surface area contributed by atoms with Gasteiger partial charge in [0.2, 0.25) is 0 Å². The zero-order valence-electron chi connectivity index (χ0n) is 11.4. The SMILES string of the molecule is CCC(C(C)C)n1cncc1C(C)(C)NC. The predicted octanol–water partition coefficient (Wildman–Crippen LogP) is 2.94. The van der Waals surface area contributed by atoms with Gasteiger partial charge in [0.25, 0.3) is 0 Å². The highest BCUT2D eigenvalue weighted by Gasteiger charge is 2.25. The molecule has 0 spiro atoms. The molecule has 1 atom stereocenters. The third-order valence-corrected chi connectivity index (χ3v) is 3.48. The standard InChI is InChI=1S/C13H25N3/c1-7-11(10(2)3)16-9-15-8-12(16)13(4,5)14-6/h8-11,14H,7H2,1-6H3. The van der Waals surface area contributed by atoms with E-state index in [9.17, 15) is 0 Å². The number of hydrogen-bond donors (Lipinski definition) is 1. The molecule has 1 unspecified atom stereocenters. The molecule has 0 fully saturated rings. The Balaban J connectivity index is 3.11. The average Bonchev–Trinajstić information content (AvgIpc) is 2.68. The minimum Gasteiger partial charge on any atom is -0.330 e. The number of nitrogens with zero attached hydrogens (tertiary/aromatic N) is 2. The van der Waals surface area contributed by atoms with Crippen LogP contribution in [-0.2, 0) is 5.54 Å². The predicted molar refractivity (Wildman–Crippen MR) is 68.5 cm³/mol. The van der Waals surface area contributed by atoms with Gasteiger partial charge in [0.05, 0.1) is 23.8 Å². The number of rotatable bonds is 5. The molecule has 0 bridgehead atoms. The van der Waals surface area contributed by atoms with E-state index in [4.69, 9.17) is 0 Å². The smallest absolute Gasteiger partial charge is 0.0951 e. The van der Waals surface area contributed by atoms with Gasteiger partial charge in [-0.15, -0.1) is 0 Å². The van der Waals surface area contributed by atoms with Gasteiger partial charge in [-0.2, -0.15) is 0 Å². The summed E-state index contributed by atoms with van der Waals surface area (Å²) in [6.07, 6.45) is 5.07. The molecular formula is C13H25N3. The Kier molecular flexibility index (Phi) is 4.14. The lowest BCUT2D eigenvalue weighted by Crippen LogP contribution is -2.36. The van der Waals surface area contributed by atoms with Gasteiger partial charge in [-0.25, -0.2) is 4.98 Å². The fourth-order valence-corrected chi connectivity index (χ4v) is 2.17. The van der Waals surface area contributed by atoms with Crippen LogP contribution in [0.1, 0.15) is 52.8 Å². The molecule has 1 aromatic heterocycles. The fraction of sp³-hybridized carbons (Fsp3) is 0.769. The Morgan fingerprint density at radius 2 is 2.06 bits per heavy atom. The molecule has 0 aromatic carbocycles. The quantitative estimate of drug-likeness (QED) is 0.831. The summed E-state index contributed by atoms with van der Waals surface area (Å²) in [6, 6.07) is 0.533. The van der Waals surface area contributed by atoms with E-state index in [2.05, 4.69) is 49.5 Å². The summed E-state index contributed by atoms with van der Waals surface area (Å²) in [7, 11) is 1.99. The van der Waals surface area contributed by atoms with Gasteiger partial charge in [-0.05, 0) is 33.2 Å². The molecule has 1 rings (SSSR count). The molecule has 1 aromatic rings. The van der Waals surface area contributed by atoms with Crippen molar-refractivity contribution in [3.63, 3.8) is 0 Å². The molecular weight excluding hydrogens is 198 g/mol. The van der Waals surface area contributed by atoms with Crippen LogP contribution in [-0.4, -0.2) is 16.6 Å². The lowest BCUT2D eigenvalue weighted by atomic mass is 9.97. The lowest BCUT2D eigenvalue weighted by molar-refractivity contribution is 0.322. The van der Waals surface area contributed by atoms with Crippen LogP contribution in [0.25, 0.3) is 0 Å². The first kappa shape index (κ1) is 13.2. The molecule has 1 heterocycles. The van der Waals surface area contributed by atoms with Gasteiger partial charge < -0.3 is 9.88 Å². The third kappa shape index (κ3) is 2.46. The zero-order valence-corrected chi connectivity index (χ0v) is 11.4. The first-order chi connectivity index (χ1) is 7.44. The molecule has 0 saturated carbocycles. The van der Waals surface area contributed by atoms with Crippen molar-refractivity contribution in [1.82, 2.24) is 14.9 Å². The van der Waals surface area contributed by atoms with Crippen LogP contribution in [0, 0.1) is 5.92 Å². The molecule has 1 N–H and O–H groups in total. The average molecular weight is 223 g/mol. The van der Waals surface area contributed by atoms with Crippen molar-refractivity contribution in [3.05, 3.63) is 18.2 Å². The monoisotopic (exact) mass is 223 g/mol. The second-order valence-corrected chi connectivity index (χ2v) is 5.28. The summed E-state index contributed by atoms with van der Waals surface area (Å²) in [4.78, 5) is 4.31. The Bertz CT molecular complexity index is 326. The first-order valence-corrected chi connectivity index (χ1v) is 6.15. The van der Waals surface area contributed by atoms with Gasteiger partial charge in [0.1, 0.15) is 0 Å². The van der Waals surface area contributed by atoms with Gasteiger partial charge >= 0.3 is 0 Å². The van der Waals surface area contributed by atoms with Crippen molar-refractivity contribution < 1.29 is 0 Å². The number of imidazole rings is 1. The van der Waals surface area contributed by atoms with Gasteiger partial charge in [0, 0.05) is 6.04 Å². The van der Waals surface area contributed by atoms with Crippen molar-refractivity contribution in [2.24, 2.45) is 5.92 Å². The molecule has 0 aliphatic rings. The molecule has 0 aliphatic heterocycles. The summed E-state index contributed by atoms with van der Waals surface area (Å²) < 4.78 is 2.32. The minimum absolute atomic E-state index is 0.0290. The van der Waals surface area contributed by atoms with E-state index in [-0.39, 0.29) is 5.54 Å². The summed E-state index contributed by atoms with van der Waals surface area (Å²) in [5, 5.41) is 3.34. The number of nitrogens with one attached hydrogen (secondary N) is 1. The van der Waals surface area contributed by atoms with Crippen LogP contribution in [0.4, 0.5) is 0 Å². The normalized spacial score (nSPS) is 14.4. The lowest BCUT2D eigenvalue weighted by Gasteiger charge is -2.30. The maximum Gasteiger partial charge on any atom is 0.0951 e. The Morgan fingerprint density at radius 3 is 2.50 bits per heavy atom. The molecule has 16 heavy (non-hydrogen) atoms. The second-order valence-electron chi connectivity index (χ2n) is 5.28. The largest absolute Gasteiger partial charge is 0.330 e. The summed E-state index contributed by atoms with van der Waals surface area (Å²) in [5.74, 6) is 0.630. The van der Waals surface area contributed by atoms with E-state index in [1.54, 1.807) is 0 Å². The topological polar surface area (TPSA) is 29.9 Å². The van der Waals surface area contributed by atoms with E-state index < -0.39 is 0 Å². The van der Waals surface area contributed by atoms with Crippen LogP contribution in [0.3, 0.4) is 0 Å². The van der Waals surface area contributed by atoms with Gasteiger partial charge in [-0.3, -0.25) is 0 Å². The van der Waals surface area contributed by atoms with E-state index in [0.717, 1.165) is 6.42 Å². The van der Waals surface area contributed by atoms with Crippen LogP contribution in [0.5, 0.6) is 0 Å². The second kappa shape index (κ2) is 5.00. The van der Waals surface area contributed by atoms with Crippen LogP contribution < -0.4 is 5.32 Å². The van der Waals surface area contributed by atoms with Crippen molar-refractivity contribution in [2.45, 2.75) is 52.6 Å². The summed E-state index contributed by atoms with van der Waals surface area (Å²) >= 11 is 0. The molecule has 3 heteroatoms. The van der Waals surface area contributed by atoms with E-state index in [1.165, 1.54) is 5.69 Å². The van der Waals surface area contributed by atoms with Crippen molar-refractivity contribution in [3.8, 4) is 0 Å². The van der Waals surface area contributed by atoms with E-state index in [1.807, 2.05) is 19.6 Å². The zero-order chi connectivity index (χ0) is 12.3. The number of hydrogen-bond acceptors (Lipinski definition) is 2. The highest BCUT2D eigenvalue weighted by Crippen LogP contribution is 2.28. The summed E-state index contributed by atoms with van der Waals surface area (Å²) in [6.45, 7) is 11.1. The molecule has 0 aliphatic carbocycles. The fourth-order valence-electron chi connectivity index (χ4n) is 2.17. The van der Waals surface area contributed by atoms with E-state index >= 15 is 0 Å². The Hall–Kier alpha value is -0.830. The highest BCUT2D eigenvalue weighted by atomic mass is 15.1. The minimum atomic E-state index is -0.0290.